The lowest BCUT2D eigenvalue weighted by Gasteiger charge is -2.25. The third kappa shape index (κ3) is 5.42. The summed E-state index contributed by atoms with van der Waals surface area (Å²) in [5.74, 6) is 0.507. The van der Waals surface area contributed by atoms with Gasteiger partial charge in [0, 0.05) is 41.8 Å². The number of aromatic nitrogens is 3. The molecule has 5 rings (SSSR count). The molecule has 3 aromatic carbocycles. The van der Waals surface area contributed by atoms with Gasteiger partial charge in [-0.3, -0.25) is 0 Å². The van der Waals surface area contributed by atoms with Crippen LogP contribution in [0.5, 0.6) is 0 Å². The van der Waals surface area contributed by atoms with Crippen molar-refractivity contribution < 1.29 is 4.39 Å². The number of nitrogens with one attached hydrogen (secondary N) is 2. The number of pyridine rings is 1. The Morgan fingerprint density at radius 2 is 1.53 bits per heavy atom. The molecule has 5 aromatic rings. The number of para-hydroxylation sites is 2. The Morgan fingerprint density at radius 1 is 0.861 bits per heavy atom. The van der Waals surface area contributed by atoms with Crippen molar-refractivity contribution in [3.05, 3.63) is 109 Å². The lowest BCUT2D eigenvalue weighted by Crippen LogP contribution is -2.24. The first kappa shape index (κ1) is 23.6. The molecule has 0 aliphatic carbocycles. The highest BCUT2D eigenvalue weighted by molar-refractivity contribution is 7.98. The van der Waals surface area contributed by atoms with E-state index in [2.05, 4.69) is 68.7 Å². The van der Waals surface area contributed by atoms with E-state index in [4.69, 9.17) is 4.98 Å². The molecule has 0 radical (unpaired) electrons. The van der Waals surface area contributed by atoms with Crippen LogP contribution >= 0.6 is 11.8 Å². The maximum Gasteiger partial charge on any atom is 0.166 e. The summed E-state index contributed by atoms with van der Waals surface area (Å²) in [4.78, 5) is 14.9. The van der Waals surface area contributed by atoms with E-state index < -0.39 is 0 Å². The number of nitrogens with zero attached hydrogens (tertiary/aromatic N) is 3. The standard InChI is InChI=1S/C29H26FN5S/c1-36-29-33-27(21-12-14-23(30)15-13-21)28(34-29)22-16-17-31-26(20-22)32-18-19-35(24-8-4-2-5-9-24)25-10-6-3-7-11-25/h2-17,20H,18-19H2,1H3,(H,31,32)(H,33,34). The fraction of sp³-hybridized carbons (Fsp3) is 0.103. The van der Waals surface area contributed by atoms with Gasteiger partial charge in [-0.25, -0.2) is 14.4 Å². The number of halogens is 1. The maximum atomic E-state index is 13.5. The Balaban J connectivity index is 1.36. The van der Waals surface area contributed by atoms with Gasteiger partial charge in [0.2, 0.25) is 0 Å². The molecule has 0 unspecified atom stereocenters. The number of hydrogen-bond acceptors (Lipinski definition) is 5. The van der Waals surface area contributed by atoms with Crippen molar-refractivity contribution in [2.75, 3.05) is 29.6 Å². The molecule has 0 saturated carbocycles. The Bertz CT molecular complexity index is 1370. The molecular weight excluding hydrogens is 469 g/mol. The topological polar surface area (TPSA) is 56.8 Å². The van der Waals surface area contributed by atoms with Gasteiger partial charge in [-0.2, -0.15) is 0 Å². The number of imidazole rings is 1. The monoisotopic (exact) mass is 495 g/mol. The zero-order chi connectivity index (χ0) is 24.7. The van der Waals surface area contributed by atoms with E-state index in [1.54, 1.807) is 18.3 Å². The molecule has 0 atom stereocenters. The highest BCUT2D eigenvalue weighted by Crippen LogP contribution is 2.33. The molecule has 5 nitrogen and oxygen atoms in total. The quantitative estimate of drug-likeness (QED) is 0.211. The van der Waals surface area contributed by atoms with E-state index in [0.29, 0.717) is 6.54 Å². The second-order valence-electron chi connectivity index (χ2n) is 8.16. The lowest BCUT2D eigenvalue weighted by molar-refractivity contribution is 0.628. The fourth-order valence-corrected chi connectivity index (χ4v) is 4.46. The Morgan fingerprint density at radius 3 is 2.17 bits per heavy atom. The largest absolute Gasteiger partial charge is 0.368 e. The van der Waals surface area contributed by atoms with E-state index in [-0.39, 0.29) is 5.82 Å². The summed E-state index contributed by atoms with van der Waals surface area (Å²) in [6.45, 7) is 1.46. The molecule has 0 spiro atoms. The normalized spacial score (nSPS) is 10.8. The van der Waals surface area contributed by atoms with Crippen molar-refractivity contribution in [1.82, 2.24) is 15.0 Å². The van der Waals surface area contributed by atoms with Gasteiger partial charge >= 0.3 is 0 Å². The minimum Gasteiger partial charge on any atom is -0.368 e. The molecular formula is C29H26FN5S. The summed E-state index contributed by atoms with van der Waals surface area (Å²) in [6.07, 6.45) is 3.76. The predicted molar refractivity (Wildman–Crippen MR) is 147 cm³/mol. The fourth-order valence-electron chi connectivity index (χ4n) is 4.08. The second kappa shape index (κ2) is 11.1. The molecule has 0 fully saturated rings. The number of rotatable bonds is 9. The highest BCUT2D eigenvalue weighted by atomic mass is 32.2. The Kier molecular flexibility index (Phi) is 7.28. The van der Waals surface area contributed by atoms with Crippen LogP contribution in [0.25, 0.3) is 22.5 Å². The summed E-state index contributed by atoms with van der Waals surface area (Å²) in [6, 6.07) is 31.1. The molecule has 2 aromatic heterocycles. The van der Waals surface area contributed by atoms with E-state index in [1.165, 1.54) is 23.9 Å². The third-order valence-electron chi connectivity index (χ3n) is 5.82. The summed E-state index contributed by atoms with van der Waals surface area (Å²) in [7, 11) is 0. The lowest BCUT2D eigenvalue weighted by atomic mass is 10.1. The predicted octanol–water partition coefficient (Wildman–Crippen LogP) is 7.25. The van der Waals surface area contributed by atoms with Crippen LogP contribution in [-0.4, -0.2) is 34.3 Å². The summed E-state index contributed by atoms with van der Waals surface area (Å²) in [5.41, 5.74) is 5.76. The van der Waals surface area contributed by atoms with Gasteiger partial charge in [-0.05, 0) is 66.9 Å². The number of anilines is 3. The van der Waals surface area contributed by atoms with E-state index in [0.717, 1.165) is 51.4 Å². The van der Waals surface area contributed by atoms with Crippen molar-refractivity contribution in [2.45, 2.75) is 5.16 Å². The number of thioether (sulfide) groups is 1. The van der Waals surface area contributed by atoms with Crippen LogP contribution in [0.3, 0.4) is 0 Å². The molecule has 0 aliphatic heterocycles. The van der Waals surface area contributed by atoms with Crippen LogP contribution in [0.15, 0.2) is 108 Å². The zero-order valence-corrected chi connectivity index (χ0v) is 20.7. The minimum absolute atomic E-state index is 0.264. The van der Waals surface area contributed by atoms with Crippen molar-refractivity contribution in [2.24, 2.45) is 0 Å². The average Bonchev–Trinajstić information content (AvgIpc) is 3.37. The summed E-state index contributed by atoms with van der Waals surface area (Å²) >= 11 is 1.54. The van der Waals surface area contributed by atoms with Crippen LogP contribution in [0.1, 0.15) is 0 Å². The van der Waals surface area contributed by atoms with Gasteiger partial charge in [0.05, 0.1) is 11.4 Å². The first-order valence-electron chi connectivity index (χ1n) is 11.7. The number of hydrogen-bond donors (Lipinski definition) is 2. The molecule has 0 saturated heterocycles. The summed E-state index contributed by atoms with van der Waals surface area (Å²) in [5, 5.41) is 4.27. The van der Waals surface area contributed by atoms with E-state index in [1.807, 2.05) is 30.5 Å². The highest BCUT2D eigenvalue weighted by Gasteiger charge is 2.15. The smallest absolute Gasteiger partial charge is 0.166 e. The van der Waals surface area contributed by atoms with Crippen LogP contribution < -0.4 is 10.2 Å². The Labute approximate surface area is 214 Å². The van der Waals surface area contributed by atoms with E-state index in [9.17, 15) is 4.39 Å². The molecule has 0 bridgehead atoms. The van der Waals surface area contributed by atoms with Crippen LogP contribution in [-0.2, 0) is 0 Å². The third-order valence-corrected chi connectivity index (χ3v) is 6.40. The number of benzene rings is 3. The van der Waals surface area contributed by atoms with Crippen molar-refractivity contribution >= 4 is 29.0 Å². The van der Waals surface area contributed by atoms with Gasteiger partial charge in [-0.1, -0.05) is 48.2 Å². The van der Waals surface area contributed by atoms with Gasteiger partial charge < -0.3 is 15.2 Å². The molecule has 36 heavy (non-hydrogen) atoms. The molecule has 2 heterocycles. The summed E-state index contributed by atoms with van der Waals surface area (Å²) < 4.78 is 13.5. The van der Waals surface area contributed by atoms with Gasteiger partial charge in [0.25, 0.3) is 0 Å². The molecule has 180 valence electrons. The van der Waals surface area contributed by atoms with Crippen LogP contribution in [0, 0.1) is 5.82 Å². The van der Waals surface area contributed by atoms with Crippen LogP contribution in [0.4, 0.5) is 21.6 Å². The van der Waals surface area contributed by atoms with Crippen molar-refractivity contribution in [3.8, 4) is 22.5 Å². The van der Waals surface area contributed by atoms with Gasteiger partial charge in [0.1, 0.15) is 11.6 Å². The number of H-pyrrole nitrogens is 1. The minimum atomic E-state index is -0.264. The second-order valence-corrected chi connectivity index (χ2v) is 8.95. The average molecular weight is 496 g/mol. The Hall–Kier alpha value is -4.10. The van der Waals surface area contributed by atoms with Gasteiger partial charge in [0.15, 0.2) is 5.16 Å². The first-order chi connectivity index (χ1) is 17.7. The van der Waals surface area contributed by atoms with Gasteiger partial charge in [-0.15, -0.1) is 0 Å². The van der Waals surface area contributed by atoms with E-state index >= 15 is 0 Å². The molecule has 7 heteroatoms. The van der Waals surface area contributed by atoms with Crippen molar-refractivity contribution in [1.29, 1.82) is 0 Å². The molecule has 0 amide bonds. The maximum absolute atomic E-state index is 13.5. The molecule has 2 N–H and O–H groups in total. The first-order valence-corrected chi connectivity index (χ1v) is 12.9. The van der Waals surface area contributed by atoms with Crippen molar-refractivity contribution in [3.63, 3.8) is 0 Å². The molecule has 0 aliphatic rings. The SMILES string of the molecule is CSc1nc(-c2ccnc(NCCN(c3ccccc3)c3ccccc3)c2)c(-c2ccc(F)cc2)[nH]1. The number of aromatic amines is 1. The van der Waals surface area contributed by atoms with Crippen LogP contribution in [0.2, 0.25) is 0 Å². The zero-order valence-electron chi connectivity index (χ0n) is 19.9.